The number of hydrogen-bond acceptors (Lipinski definition) is 3. The summed E-state index contributed by atoms with van der Waals surface area (Å²) in [5, 5.41) is 4.76. The van der Waals surface area contributed by atoms with Crippen molar-refractivity contribution in [3.05, 3.63) is 30.1 Å². The normalized spacial score (nSPS) is 29.7. The fourth-order valence-electron chi connectivity index (χ4n) is 2.73. The maximum Gasteiger partial charge on any atom is 0.157 e. The molecule has 2 unspecified atom stereocenters. The second-order valence-corrected chi connectivity index (χ2v) is 6.09. The Morgan fingerprint density at radius 1 is 1.28 bits per heavy atom. The van der Waals surface area contributed by atoms with E-state index in [-0.39, 0.29) is 0 Å². The lowest BCUT2D eigenvalue weighted by Crippen LogP contribution is -2.46. The van der Waals surface area contributed by atoms with Crippen molar-refractivity contribution in [1.29, 1.82) is 0 Å². The quantitative estimate of drug-likeness (QED) is 0.889. The molecule has 2 fully saturated rings. The van der Waals surface area contributed by atoms with E-state index in [4.69, 9.17) is 0 Å². The van der Waals surface area contributed by atoms with Gasteiger partial charge in [0.1, 0.15) is 0 Å². The van der Waals surface area contributed by atoms with Crippen LogP contribution in [0.2, 0.25) is 0 Å². The Bertz CT molecular complexity index is 418. The summed E-state index contributed by atoms with van der Waals surface area (Å²) in [6, 6.07) is 4.73. The molecule has 1 aromatic rings. The van der Waals surface area contributed by atoms with Gasteiger partial charge >= 0.3 is 0 Å². The number of nitrogens with one attached hydrogen (secondary N) is 1. The van der Waals surface area contributed by atoms with Crippen LogP contribution in [0.15, 0.2) is 29.5 Å². The minimum Gasteiger partial charge on any atom is -0.362 e. The van der Waals surface area contributed by atoms with Crippen LogP contribution in [0.5, 0.6) is 0 Å². The first-order valence-electron chi connectivity index (χ1n) is 6.74. The van der Waals surface area contributed by atoms with Gasteiger partial charge in [0.25, 0.3) is 0 Å². The van der Waals surface area contributed by atoms with Gasteiger partial charge < -0.3 is 5.32 Å². The fraction of sp³-hybridized carbons (Fsp3) is 0.571. The van der Waals surface area contributed by atoms with E-state index in [2.05, 4.69) is 15.3 Å². The molecule has 2 atom stereocenters. The van der Waals surface area contributed by atoms with Gasteiger partial charge in [-0.3, -0.25) is 9.98 Å². The third-order valence-electron chi connectivity index (χ3n) is 3.81. The van der Waals surface area contributed by atoms with Crippen LogP contribution in [-0.4, -0.2) is 21.9 Å². The average Bonchev–Trinajstić information content (AvgIpc) is 2.46. The molecule has 3 rings (SSSR count). The molecule has 2 heterocycles. The van der Waals surface area contributed by atoms with Gasteiger partial charge in [-0.15, -0.1) is 0 Å². The second kappa shape index (κ2) is 5.74. The summed E-state index contributed by atoms with van der Waals surface area (Å²) in [5.41, 5.74) is 1.23. The van der Waals surface area contributed by atoms with E-state index < -0.39 is 0 Å². The standard InChI is InChI=1S/C14H19N3S/c1-2-4-13-12(3-1)10-18-14(17-13)16-9-11-5-7-15-8-6-11/h5-8,12-13H,1-4,9-10H2,(H,16,17). The number of amidine groups is 1. The Kier molecular flexibility index (Phi) is 3.84. The summed E-state index contributed by atoms with van der Waals surface area (Å²) in [5.74, 6) is 2.11. The summed E-state index contributed by atoms with van der Waals surface area (Å²) >= 11 is 1.89. The molecule has 4 heteroatoms. The van der Waals surface area contributed by atoms with E-state index in [1.807, 2.05) is 36.3 Å². The highest BCUT2D eigenvalue weighted by Gasteiger charge is 2.29. The monoisotopic (exact) mass is 261 g/mol. The molecule has 2 aliphatic rings. The third-order valence-corrected chi connectivity index (χ3v) is 4.92. The summed E-state index contributed by atoms with van der Waals surface area (Å²) in [7, 11) is 0. The third kappa shape index (κ3) is 2.86. The number of fused-ring (bicyclic) bond motifs is 1. The number of pyridine rings is 1. The Labute approximate surface area is 112 Å². The summed E-state index contributed by atoms with van der Waals surface area (Å²) < 4.78 is 0. The van der Waals surface area contributed by atoms with Crippen molar-refractivity contribution >= 4 is 16.9 Å². The first-order chi connectivity index (χ1) is 8.92. The number of rotatable bonds is 2. The molecule has 0 aromatic carbocycles. The average molecular weight is 261 g/mol. The highest BCUT2D eigenvalue weighted by molar-refractivity contribution is 8.13. The zero-order valence-corrected chi connectivity index (χ0v) is 11.3. The zero-order chi connectivity index (χ0) is 12.2. The Balaban J connectivity index is 1.60. The van der Waals surface area contributed by atoms with Crippen LogP contribution in [0.4, 0.5) is 0 Å². The lowest BCUT2D eigenvalue weighted by molar-refractivity contribution is 0.311. The molecule has 0 radical (unpaired) electrons. The maximum absolute atomic E-state index is 4.69. The van der Waals surface area contributed by atoms with E-state index >= 15 is 0 Å². The van der Waals surface area contributed by atoms with Crippen LogP contribution in [0.25, 0.3) is 0 Å². The fourth-order valence-corrected chi connectivity index (χ4v) is 3.89. The molecule has 1 aromatic heterocycles. The molecule has 1 saturated heterocycles. The van der Waals surface area contributed by atoms with E-state index in [1.54, 1.807) is 0 Å². The molecule has 96 valence electrons. The van der Waals surface area contributed by atoms with Crippen LogP contribution in [-0.2, 0) is 6.54 Å². The molecule has 0 amide bonds. The molecule has 18 heavy (non-hydrogen) atoms. The van der Waals surface area contributed by atoms with Crippen molar-refractivity contribution in [2.75, 3.05) is 5.75 Å². The molecule has 1 N–H and O–H groups in total. The topological polar surface area (TPSA) is 37.3 Å². The molecule has 1 aliphatic carbocycles. The van der Waals surface area contributed by atoms with Gasteiger partial charge in [-0.2, -0.15) is 0 Å². The van der Waals surface area contributed by atoms with Crippen LogP contribution in [0.1, 0.15) is 31.2 Å². The van der Waals surface area contributed by atoms with E-state index in [1.165, 1.54) is 37.0 Å². The van der Waals surface area contributed by atoms with Crippen molar-refractivity contribution in [1.82, 2.24) is 10.3 Å². The Morgan fingerprint density at radius 2 is 2.11 bits per heavy atom. The maximum atomic E-state index is 4.69. The number of aromatic nitrogens is 1. The summed E-state index contributed by atoms with van der Waals surface area (Å²) in [6.45, 7) is 0.759. The largest absolute Gasteiger partial charge is 0.362 e. The Morgan fingerprint density at radius 3 is 3.00 bits per heavy atom. The minimum absolute atomic E-state index is 0.677. The molecule has 3 nitrogen and oxygen atoms in total. The smallest absolute Gasteiger partial charge is 0.157 e. The predicted molar refractivity (Wildman–Crippen MR) is 76.7 cm³/mol. The molecule has 0 spiro atoms. The SMILES string of the molecule is c1cc(CN=C2NC3CCCCC3CS2)ccn1. The predicted octanol–water partition coefficient (Wildman–Crippen LogP) is 2.83. The van der Waals surface area contributed by atoms with Gasteiger partial charge in [-0.05, 0) is 36.5 Å². The number of nitrogens with zero attached hydrogens (tertiary/aromatic N) is 2. The molecule has 0 bridgehead atoms. The van der Waals surface area contributed by atoms with Crippen LogP contribution in [0.3, 0.4) is 0 Å². The first-order valence-corrected chi connectivity index (χ1v) is 7.73. The summed E-state index contributed by atoms with van der Waals surface area (Å²) in [6.07, 6.45) is 9.15. The number of aliphatic imine (C=N–C) groups is 1. The van der Waals surface area contributed by atoms with Crippen molar-refractivity contribution in [2.45, 2.75) is 38.3 Å². The Hall–Kier alpha value is -1.03. The zero-order valence-electron chi connectivity index (χ0n) is 10.5. The first kappa shape index (κ1) is 12.0. The summed E-state index contributed by atoms with van der Waals surface area (Å²) in [4.78, 5) is 8.71. The van der Waals surface area contributed by atoms with E-state index in [9.17, 15) is 0 Å². The van der Waals surface area contributed by atoms with Gasteiger partial charge in [0, 0.05) is 24.2 Å². The van der Waals surface area contributed by atoms with Gasteiger partial charge in [0.2, 0.25) is 0 Å². The molecule has 1 aliphatic heterocycles. The highest BCUT2D eigenvalue weighted by atomic mass is 32.2. The molecular weight excluding hydrogens is 242 g/mol. The second-order valence-electron chi connectivity index (χ2n) is 5.08. The van der Waals surface area contributed by atoms with Crippen LogP contribution < -0.4 is 5.32 Å². The van der Waals surface area contributed by atoms with Gasteiger partial charge in [-0.1, -0.05) is 24.6 Å². The van der Waals surface area contributed by atoms with Crippen LogP contribution >= 0.6 is 11.8 Å². The van der Waals surface area contributed by atoms with E-state index in [0.29, 0.717) is 6.04 Å². The molecule has 1 saturated carbocycles. The van der Waals surface area contributed by atoms with Gasteiger partial charge in [-0.25, -0.2) is 0 Å². The van der Waals surface area contributed by atoms with Gasteiger partial charge in [0.15, 0.2) is 5.17 Å². The lowest BCUT2D eigenvalue weighted by atomic mass is 9.86. The van der Waals surface area contributed by atoms with E-state index in [0.717, 1.165) is 17.6 Å². The molecular formula is C14H19N3S. The van der Waals surface area contributed by atoms with Crippen molar-refractivity contribution < 1.29 is 0 Å². The van der Waals surface area contributed by atoms with Crippen molar-refractivity contribution in [2.24, 2.45) is 10.9 Å². The minimum atomic E-state index is 0.677. The van der Waals surface area contributed by atoms with Crippen LogP contribution in [0, 0.1) is 5.92 Å². The lowest BCUT2D eigenvalue weighted by Gasteiger charge is -2.36. The number of hydrogen-bond donors (Lipinski definition) is 1. The number of thioether (sulfide) groups is 1. The van der Waals surface area contributed by atoms with Crippen molar-refractivity contribution in [3.8, 4) is 0 Å². The van der Waals surface area contributed by atoms with Crippen molar-refractivity contribution in [3.63, 3.8) is 0 Å². The van der Waals surface area contributed by atoms with Gasteiger partial charge in [0.05, 0.1) is 6.54 Å². The highest BCUT2D eigenvalue weighted by Crippen LogP contribution is 2.31.